The van der Waals surface area contributed by atoms with Gasteiger partial charge in [0.05, 0.1) is 38.4 Å². The molecule has 0 amide bonds. The number of rotatable bonds is 4. The summed E-state index contributed by atoms with van der Waals surface area (Å²) >= 11 is 0. The summed E-state index contributed by atoms with van der Waals surface area (Å²) in [5, 5.41) is 0. The molecule has 0 aliphatic carbocycles. The molecule has 204 valence electrons. The monoisotopic (exact) mass is 538 g/mol. The van der Waals surface area contributed by atoms with E-state index in [0.717, 1.165) is 35.4 Å². The van der Waals surface area contributed by atoms with Gasteiger partial charge in [-0.1, -0.05) is 13.8 Å². The van der Waals surface area contributed by atoms with Crippen molar-refractivity contribution in [2.75, 3.05) is 14.2 Å². The quantitative estimate of drug-likeness (QED) is 0.514. The van der Waals surface area contributed by atoms with Crippen LogP contribution in [-0.2, 0) is 0 Å². The number of ether oxygens (including phenoxy) is 2. The molecule has 4 rings (SSSR count). The SMILES string of the molecule is COc1ccc([NH+]2[C@H](C)CC[C@@H](C)[C@H]2C)cc1.COc1ccc([NH+]2[C@H](C)CC[C@@H](C)[C@H]2C)cc1.[Cl-].[Cl-]. The number of hydrogen-bond acceptors (Lipinski definition) is 2. The van der Waals surface area contributed by atoms with Crippen LogP contribution in [0.3, 0.4) is 0 Å². The average molecular weight is 540 g/mol. The Morgan fingerprint density at radius 3 is 1.11 bits per heavy atom. The highest BCUT2D eigenvalue weighted by molar-refractivity contribution is 5.36. The molecule has 36 heavy (non-hydrogen) atoms. The van der Waals surface area contributed by atoms with Crippen molar-refractivity contribution in [1.29, 1.82) is 0 Å². The zero-order chi connectivity index (χ0) is 24.8. The summed E-state index contributed by atoms with van der Waals surface area (Å²) in [4.78, 5) is 3.26. The van der Waals surface area contributed by atoms with E-state index in [4.69, 9.17) is 9.47 Å². The van der Waals surface area contributed by atoms with E-state index in [1.807, 2.05) is 0 Å². The van der Waals surface area contributed by atoms with Gasteiger partial charge in [-0.05, 0) is 77.6 Å². The van der Waals surface area contributed by atoms with Crippen LogP contribution in [0.2, 0.25) is 0 Å². The molecule has 2 aliphatic rings. The number of piperidine rings is 2. The minimum Gasteiger partial charge on any atom is -1.00 e. The van der Waals surface area contributed by atoms with Crippen molar-refractivity contribution in [1.82, 2.24) is 0 Å². The first-order valence-corrected chi connectivity index (χ1v) is 13.3. The largest absolute Gasteiger partial charge is 1.00 e. The first kappa shape index (κ1) is 32.6. The lowest BCUT2D eigenvalue weighted by Gasteiger charge is -2.39. The predicted octanol–water partition coefficient (Wildman–Crippen LogP) is -1.15. The van der Waals surface area contributed by atoms with Crippen molar-refractivity contribution >= 4 is 11.4 Å². The van der Waals surface area contributed by atoms with E-state index >= 15 is 0 Å². The van der Waals surface area contributed by atoms with Crippen molar-refractivity contribution in [3.8, 4) is 11.5 Å². The van der Waals surface area contributed by atoms with Gasteiger partial charge >= 0.3 is 0 Å². The van der Waals surface area contributed by atoms with Crippen molar-refractivity contribution in [3.05, 3.63) is 48.5 Å². The molecule has 0 aromatic heterocycles. The molecule has 6 heteroatoms. The molecule has 2 aromatic carbocycles. The van der Waals surface area contributed by atoms with E-state index in [1.165, 1.54) is 37.1 Å². The number of halogens is 2. The fraction of sp³-hybridized carbons (Fsp3) is 0.600. The Labute approximate surface area is 232 Å². The Morgan fingerprint density at radius 2 is 0.833 bits per heavy atom. The third-order valence-electron chi connectivity index (χ3n) is 8.71. The van der Waals surface area contributed by atoms with Gasteiger partial charge in [-0.2, -0.15) is 0 Å². The maximum Gasteiger partial charge on any atom is 0.131 e. The van der Waals surface area contributed by atoms with Crippen LogP contribution in [0.5, 0.6) is 11.5 Å². The van der Waals surface area contributed by atoms with E-state index in [0.29, 0.717) is 12.1 Å². The van der Waals surface area contributed by atoms with Gasteiger partial charge in [0.15, 0.2) is 0 Å². The second kappa shape index (κ2) is 15.1. The first-order valence-electron chi connectivity index (χ1n) is 13.3. The smallest absolute Gasteiger partial charge is 0.131 e. The molecule has 2 heterocycles. The topological polar surface area (TPSA) is 27.3 Å². The van der Waals surface area contributed by atoms with Gasteiger partial charge in [-0.3, -0.25) is 9.80 Å². The molecule has 4 nitrogen and oxygen atoms in total. The van der Waals surface area contributed by atoms with Crippen LogP contribution < -0.4 is 44.1 Å². The second-order valence-electron chi connectivity index (χ2n) is 10.9. The molecule has 2 saturated heterocycles. The lowest BCUT2D eigenvalue weighted by Crippen LogP contribution is -3.16. The molecule has 0 bridgehead atoms. The van der Waals surface area contributed by atoms with Gasteiger partial charge in [0.1, 0.15) is 22.9 Å². The number of methoxy groups -OCH3 is 2. The Balaban J connectivity index is 0.000000341. The van der Waals surface area contributed by atoms with Crippen LogP contribution in [0, 0.1) is 11.8 Å². The molecular formula is C30H48Cl2N2O2. The number of quaternary nitrogens is 2. The van der Waals surface area contributed by atoms with Crippen LogP contribution in [0.25, 0.3) is 0 Å². The Morgan fingerprint density at radius 1 is 0.528 bits per heavy atom. The van der Waals surface area contributed by atoms with Crippen molar-refractivity contribution < 1.29 is 44.1 Å². The molecule has 0 radical (unpaired) electrons. The van der Waals surface area contributed by atoms with Crippen LogP contribution in [0.15, 0.2) is 48.5 Å². The molecular weight excluding hydrogens is 491 g/mol. The fourth-order valence-electron chi connectivity index (χ4n) is 6.01. The van der Waals surface area contributed by atoms with Crippen LogP contribution in [0.1, 0.15) is 67.2 Å². The van der Waals surface area contributed by atoms with E-state index < -0.39 is 0 Å². The number of nitrogens with one attached hydrogen (secondary N) is 2. The summed E-state index contributed by atoms with van der Waals surface area (Å²) in [6.07, 6.45) is 5.38. The van der Waals surface area contributed by atoms with Gasteiger partial charge in [-0.25, -0.2) is 0 Å². The Kier molecular flexibility index (Phi) is 13.6. The Bertz CT molecular complexity index is 804. The fourth-order valence-corrected chi connectivity index (χ4v) is 6.01. The summed E-state index contributed by atoms with van der Waals surface area (Å²) in [7, 11) is 3.44. The lowest BCUT2D eigenvalue weighted by molar-refractivity contribution is -0.894. The number of benzene rings is 2. The molecule has 0 saturated carbocycles. The Hall–Kier alpha value is -1.46. The van der Waals surface area contributed by atoms with Crippen molar-refractivity contribution in [2.24, 2.45) is 11.8 Å². The van der Waals surface area contributed by atoms with Crippen LogP contribution in [0.4, 0.5) is 11.4 Å². The average Bonchev–Trinajstić information content (AvgIpc) is 2.85. The summed E-state index contributed by atoms with van der Waals surface area (Å²) < 4.78 is 10.4. The standard InChI is InChI=1S/2C15H23NO.2ClH/c2*1-11-5-6-12(2)16(13(11)3)14-7-9-15(17-4)10-8-14;;/h2*7-13H,5-6H2,1-4H3;2*1H/t2*11-,12-,13-;;/m11../s1. The van der Waals surface area contributed by atoms with E-state index in [1.54, 1.807) is 24.0 Å². The molecule has 0 spiro atoms. The summed E-state index contributed by atoms with van der Waals surface area (Å²) in [5.41, 5.74) is 2.80. The van der Waals surface area contributed by atoms with E-state index in [9.17, 15) is 0 Å². The first-order chi connectivity index (χ1) is 16.3. The van der Waals surface area contributed by atoms with E-state index in [-0.39, 0.29) is 24.8 Å². The highest BCUT2D eigenvalue weighted by atomic mass is 35.5. The molecule has 2 N–H and O–H groups in total. The molecule has 2 fully saturated rings. The van der Waals surface area contributed by atoms with Crippen LogP contribution in [-0.4, -0.2) is 38.4 Å². The minimum absolute atomic E-state index is 0. The lowest BCUT2D eigenvalue weighted by atomic mass is 9.87. The highest BCUT2D eigenvalue weighted by Crippen LogP contribution is 2.21. The second-order valence-corrected chi connectivity index (χ2v) is 10.9. The van der Waals surface area contributed by atoms with Gasteiger partial charge in [-0.15, -0.1) is 0 Å². The van der Waals surface area contributed by atoms with Crippen molar-refractivity contribution in [2.45, 2.75) is 91.4 Å². The van der Waals surface area contributed by atoms with Crippen LogP contribution >= 0.6 is 0 Å². The highest BCUT2D eigenvalue weighted by Gasteiger charge is 2.35. The van der Waals surface area contributed by atoms with Gasteiger partial charge in [0.25, 0.3) is 0 Å². The number of hydrogen-bond donors (Lipinski definition) is 2. The van der Waals surface area contributed by atoms with Gasteiger partial charge in [0, 0.05) is 36.1 Å². The zero-order valence-corrected chi connectivity index (χ0v) is 25.0. The third kappa shape index (κ3) is 7.77. The molecule has 2 unspecified atom stereocenters. The molecule has 8 atom stereocenters. The molecule has 2 aromatic rings. The predicted molar refractivity (Wildman–Crippen MR) is 142 cm³/mol. The maximum absolute atomic E-state index is 5.22. The molecule has 2 aliphatic heterocycles. The van der Waals surface area contributed by atoms with E-state index in [2.05, 4.69) is 90.1 Å². The van der Waals surface area contributed by atoms with Gasteiger partial charge < -0.3 is 34.3 Å². The minimum atomic E-state index is 0. The third-order valence-corrected chi connectivity index (χ3v) is 8.71. The normalized spacial score (nSPS) is 31.6. The summed E-state index contributed by atoms with van der Waals surface area (Å²) in [6.45, 7) is 14.2. The summed E-state index contributed by atoms with van der Waals surface area (Å²) in [5.74, 6) is 3.50. The maximum atomic E-state index is 5.22. The van der Waals surface area contributed by atoms with Gasteiger partial charge in [0.2, 0.25) is 0 Å². The summed E-state index contributed by atoms with van der Waals surface area (Å²) in [6, 6.07) is 19.9. The zero-order valence-electron chi connectivity index (χ0n) is 23.5. The van der Waals surface area contributed by atoms with Crippen molar-refractivity contribution in [3.63, 3.8) is 0 Å².